The van der Waals surface area contributed by atoms with Crippen LogP contribution in [0.15, 0.2) is 0 Å². The van der Waals surface area contributed by atoms with E-state index in [1.807, 2.05) is 0 Å². The van der Waals surface area contributed by atoms with Gasteiger partial charge >= 0.3 is 8.80 Å². The monoisotopic (exact) mass is 316 g/mol. The molecule has 0 N–H and O–H groups in total. The van der Waals surface area contributed by atoms with Gasteiger partial charge in [-0.25, -0.2) is 0 Å². The third kappa shape index (κ3) is 7.77. The Morgan fingerprint density at radius 2 is 1.24 bits per heavy atom. The number of hydrogen-bond acceptors (Lipinski definition) is 3. The summed E-state index contributed by atoms with van der Waals surface area (Å²) in [5.41, 5.74) is 0. The van der Waals surface area contributed by atoms with Gasteiger partial charge in [-0.2, -0.15) is 0 Å². The summed E-state index contributed by atoms with van der Waals surface area (Å²) in [7, 11) is -2.44. The van der Waals surface area contributed by atoms with E-state index in [0.717, 1.165) is 51.0 Å². The van der Waals surface area contributed by atoms with Gasteiger partial charge in [-0.05, 0) is 31.6 Å². The van der Waals surface area contributed by atoms with E-state index in [1.165, 1.54) is 38.5 Å². The van der Waals surface area contributed by atoms with Gasteiger partial charge < -0.3 is 13.3 Å². The lowest BCUT2D eigenvalue weighted by atomic mass is 9.88. The molecular formula is C17H36O3Si. The van der Waals surface area contributed by atoms with Crippen molar-refractivity contribution >= 4 is 8.80 Å². The number of hydrogen-bond donors (Lipinski definition) is 0. The van der Waals surface area contributed by atoms with Crippen LogP contribution >= 0.6 is 0 Å². The summed E-state index contributed by atoms with van der Waals surface area (Å²) in [5.74, 6) is 0.867. The minimum absolute atomic E-state index is 0.768. The SMILES string of the molecule is CCCO[Si](CCC1CCCCC1)(OCCC)OCCC. The first-order valence-corrected chi connectivity index (χ1v) is 11.1. The molecule has 0 heterocycles. The van der Waals surface area contributed by atoms with E-state index < -0.39 is 8.80 Å². The molecule has 0 radical (unpaired) electrons. The molecule has 1 aliphatic rings. The predicted molar refractivity (Wildman–Crippen MR) is 90.5 cm³/mol. The maximum absolute atomic E-state index is 6.17. The molecule has 0 unspecified atom stereocenters. The van der Waals surface area contributed by atoms with Gasteiger partial charge in [0.1, 0.15) is 0 Å². The summed E-state index contributed by atoms with van der Waals surface area (Å²) in [4.78, 5) is 0. The van der Waals surface area contributed by atoms with E-state index in [1.54, 1.807) is 0 Å². The Kier molecular flexibility index (Phi) is 10.6. The highest BCUT2D eigenvalue weighted by molar-refractivity contribution is 6.60. The van der Waals surface area contributed by atoms with Gasteiger partial charge in [0.25, 0.3) is 0 Å². The van der Waals surface area contributed by atoms with Crippen LogP contribution in [-0.4, -0.2) is 28.6 Å². The summed E-state index contributed by atoms with van der Waals surface area (Å²) < 4.78 is 18.5. The fraction of sp³-hybridized carbons (Fsp3) is 1.00. The van der Waals surface area contributed by atoms with Gasteiger partial charge in [0.05, 0.1) is 0 Å². The Balaban J connectivity index is 2.55. The Hall–Kier alpha value is 0.0969. The summed E-state index contributed by atoms with van der Waals surface area (Å²) in [6.45, 7) is 8.76. The zero-order valence-electron chi connectivity index (χ0n) is 14.5. The van der Waals surface area contributed by atoms with E-state index >= 15 is 0 Å². The Morgan fingerprint density at radius 1 is 0.762 bits per heavy atom. The zero-order valence-corrected chi connectivity index (χ0v) is 15.5. The second-order valence-electron chi connectivity index (χ2n) is 6.27. The average molecular weight is 317 g/mol. The van der Waals surface area contributed by atoms with Crippen molar-refractivity contribution in [2.75, 3.05) is 19.8 Å². The lowest BCUT2D eigenvalue weighted by Gasteiger charge is -2.31. The summed E-state index contributed by atoms with van der Waals surface area (Å²) in [6, 6.07) is 1.01. The van der Waals surface area contributed by atoms with E-state index in [4.69, 9.17) is 13.3 Å². The fourth-order valence-electron chi connectivity index (χ4n) is 2.97. The molecule has 1 fully saturated rings. The molecule has 1 aliphatic carbocycles. The van der Waals surface area contributed by atoms with E-state index in [2.05, 4.69) is 20.8 Å². The zero-order chi connectivity index (χ0) is 15.4. The molecule has 0 bridgehead atoms. The van der Waals surface area contributed by atoms with E-state index in [9.17, 15) is 0 Å². The van der Waals surface area contributed by atoms with Gasteiger partial charge in [0, 0.05) is 25.9 Å². The maximum atomic E-state index is 6.17. The van der Waals surface area contributed by atoms with E-state index in [-0.39, 0.29) is 0 Å². The van der Waals surface area contributed by atoms with Crippen LogP contribution in [0.1, 0.15) is 78.6 Å². The molecule has 0 aromatic rings. The molecule has 1 saturated carbocycles. The van der Waals surface area contributed by atoms with Crippen LogP contribution in [0.5, 0.6) is 0 Å². The van der Waals surface area contributed by atoms with Crippen molar-refractivity contribution in [3.63, 3.8) is 0 Å². The third-order valence-corrected chi connectivity index (χ3v) is 6.99. The molecular weight excluding hydrogens is 280 g/mol. The van der Waals surface area contributed by atoms with Crippen LogP contribution in [0.25, 0.3) is 0 Å². The van der Waals surface area contributed by atoms with Gasteiger partial charge in [0.15, 0.2) is 0 Å². The van der Waals surface area contributed by atoms with Crippen molar-refractivity contribution in [2.45, 2.75) is 84.6 Å². The minimum Gasteiger partial charge on any atom is -0.373 e. The third-order valence-electron chi connectivity index (χ3n) is 4.16. The van der Waals surface area contributed by atoms with Crippen LogP contribution in [0.3, 0.4) is 0 Å². The molecule has 126 valence electrons. The van der Waals surface area contributed by atoms with E-state index in [0.29, 0.717) is 0 Å². The predicted octanol–water partition coefficient (Wildman–Crippen LogP) is 5.18. The first kappa shape index (κ1) is 19.1. The largest absolute Gasteiger partial charge is 0.500 e. The molecule has 0 saturated heterocycles. The number of rotatable bonds is 12. The highest BCUT2D eigenvalue weighted by Gasteiger charge is 2.41. The van der Waals surface area contributed by atoms with Gasteiger partial charge in [-0.3, -0.25) is 0 Å². The lowest BCUT2D eigenvalue weighted by molar-refractivity contribution is 0.0571. The standard InChI is InChI=1S/C17H36O3Si/c1-4-13-18-21(19-14-5-2,20-15-6-3)16-12-17-10-8-7-9-11-17/h17H,4-16H2,1-3H3. The van der Waals surface area contributed by atoms with Crippen molar-refractivity contribution in [3.05, 3.63) is 0 Å². The van der Waals surface area contributed by atoms with Crippen LogP contribution < -0.4 is 0 Å². The molecule has 0 aliphatic heterocycles. The maximum Gasteiger partial charge on any atom is 0.500 e. The molecule has 0 amide bonds. The molecule has 0 spiro atoms. The van der Waals surface area contributed by atoms with Crippen molar-refractivity contribution in [3.8, 4) is 0 Å². The average Bonchev–Trinajstić information content (AvgIpc) is 2.54. The van der Waals surface area contributed by atoms with Gasteiger partial charge in [-0.15, -0.1) is 0 Å². The van der Waals surface area contributed by atoms with Gasteiger partial charge in [0.2, 0.25) is 0 Å². The summed E-state index contributed by atoms with van der Waals surface area (Å²) in [5, 5.41) is 0. The van der Waals surface area contributed by atoms with Crippen LogP contribution in [0, 0.1) is 5.92 Å². The first-order chi connectivity index (χ1) is 10.3. The molecule has 0 aromatic carbocycles. The summed E-state index contributed by atoms with van der Waals surface area (Å²) >= 11 is 0. The molecule has 1 rings (SSSR count). The van der Waals surface area contributed by atoms with Crippen LogP contribution in [0.4, 0.5) is 0 Å². The van der Waals surface area contributed by atoms with Crippen molar-refractivity contribution in [1.82, 2.24) is 0 Å². The second-order valence-corrected chi connectivity index (χ2v) is 9.00. The molecule has 4 heteroatoms. The van der Waals surface area contributed by atoms with Crippen LogP contribution in [-0.2, 0) is 13.3 Å². The second kappa shape index (κ2) is 11.6. The highest BCUT2D eigenvalue weighted by atomic mass is 28.4. The molecule has 0 aromatic heterocycles. The molecule has 3 nitrogen and oxygen atoms in total. The Bertz CT molecular complexity index is 220. The minimum atomic E-state index is -2.44. The Morgan fingerprint density at radius 3 is 1.67 bits per heavy atom. The van der Waals surface area contributed by atoms with Crippen molar-refractivity contribution in [2.24, 2.45) is 5.92 Å². The van der Waals surface area contributed by atoms with Gasteiger partial charge in [-0.1, -0.05) is 52.9 Å². The Labute approximate surface area is 133 Å². The topological polar surface area (TPSA) is 27.7 Å². The quantitative estimate of drug-likeness (QED) is 0.465. The first-order valence-electron chi connectivity index (χ1n) is 9.18. The molecule has 0 atom stereocenters. The summed E-state index contributed by atoms with van der Waals surface area (Å²) in [6.07, 6.45) is 11.3. The molecule has 21 heavy (non-hydrogen) atoms. The van der Waals surface area contributed by atoms with Crippen molar-refractivity contribution < 1.29 is 13.3 Å². The lowest BCUT2D eigenvalue weighted by Crippen LogP contribution is -2.47. The van der Waals surface area contributed by atoms with Crippen molar-refractivity contribution in [1.29, 1.82) is 0 Å². The smallest absolute Gasteiger partial charge is 0.373 e. The normalized spacial score (nSPS) is 17.3. The van der Waals surface area contributed by atoms with Crippen LogP contribution in [0.2, 0.25) is 6.04 Å². The highest BCUT2D eigenvalue weighted by Crippen LogP contribution is 2.31. The fourth-order valence-corrected chi connectivity index (χ4v) is 5.96.